The second kappa shape index (κ2) is 8.78. The molecule has 0 spiro atoms. The predicted octanol–water partition coefficient (Wildman–Crippen LogP) is 4.65. The summed E-state index contributed by atoms with van der Waals surface area (Å²) >= 11 is 0. The average Bonchev–Trinajstić information content (AvgIpc) is 3.24. The van der Waals surface area contributed by atoms with E-state index in [1.54, 1.807) is 6.33 Å². The molecule has 4 heterocycles. The standard InChI is InChI=1S/C27H32F2N8/c1-15-9-21(32-14-31-15)36-11-16-5-6-17(12-36)23(16)33-26-34-24(30-4)22-25(35-26)37(13-27(22,2)3)20-8-7-18(28)10-19(20)29/h7-10,14,16-17,23H,5-6,11-13H2,1-4H3,(H2,30,33,34,35)/t16-,17+,23-. The van der Waals surface area contributed by atoms with Crippen molar-refractivity contribution in [3.05, 3.63) is 53.5 Å². The Morgan fingerprint density at radius 1 is 1.03 bits per heavy atom. The third-order valence-electron chi connectivity index (χ3n) is 8.06. The minimum absolute atomic E-state index is 0.243. The maximum atomic E-state index is 14.8. The number of hydrogen-bond acceptors (Lipinski definition) is 8. The fourth-order valence-corrected chi connectivity index (χ4v) is 6.37. The summed E-state index contributed by atoms with van der Waals surface area (Å²) in [6.45, 7) is 8.51. The Bertz CT molecular complexity index is 1330. The van der Waals surface area contributed by atoms with Crippen molar-refractivity contribution < 1.29 is 8.78 Å². The number of rotatable bonds is 5. The zero-order chi connectivity index (χ0) is 25.9. The van der Waals surface area contributed by atoms with E-state index in [0.29, 0.717) is 35.8 Å². The lowest BCUT2D eigenvalue weighted by Crippen LogP contribution is -2.48. The molecule has 1 aromatic carbocycles. The predicted molar refractivity (Wildman–Crippen MR) is 141 cm³/mol. The first-order valence-electron chi connectivity index (χ1n) is 12.9. The van der Waals surface area contributed by atoms with Crippen molar-refractivity contribution >= 4 is 29.1 Å². The molecule has 2 fully saturated rings. The first kappa shape index (κ1) is 23.8. The third kappa shape index (κ3) is 4.12. The Kier molecular flexibility index (Phi) is 5.65. The molecule has 2 aromatic heterocycles. The highest BCUT2D eigenvalue weighted by Gasteiger charge is 2.44. The number of halogens is 2. The summed E-state index contributed by atoms with van der Waals surface area (Å²) in [6, 6.07) is 5.97. The number of nitrogens with zero attached hydrogens (tertiary/aromatic N) is 6. The maximum absolute atomic E-state index is 14.8. The molecular weight excluding hydrogens is 474 g/mol. The van der Waals surface area contributed by atoms with E-state index in [1.807, 2.05) is 24.9 Å². The van der Waals surface area contributed by atoms with Gasteiger partial charge in [-0.2, -0.15) is 9.97 Å². The molecular formula is C27H32F2N8. The molecule has 2 aliphatic heterocycles. The van der Waals surface area contributed by atoms with E-state index in [1.165, 1.54) is 12.1 Å². The highest BCUT2D eigenvalue weighted by Crippen LogP contribution is 2.47. The van der Waals surface area contributed by atoms with Crippen LogP contribution in [0, 0.1) is 30.4 Å². The molecule has 0 amide bonds. The molecule has 3 atom stereocenters. The van der Waals surface area contributed by atoms with Crippen LogP contribution < -0.4 is 20.4 Å². The van der Waals surface area contributed by atoms with Crippen molar-refractivity contribution in [1.29, 1.82) is 0 Å². The van der Waals surface area contributed by atoms with E-state index in [0.717, 1.165) is 54.9 Å². The third-order valence-corrected chi connectivity index (χ3v) is 8.06. The Hall–Kier alpha value is -3.56. The summed E-state index contributed by atoms with van der Waals surface area (Å²) in [5.41, 5.74) is 1.89. The second-order valence-corrected chi connectivity index (χ2v) is 11.1. The fourth-order valence-electron chi connectivity index (χ4n) is 6.37. The highest BCUT2D eigenvalue weighted by atomic mass is 19.1. The van der Waals surface area contributed by atoms with Gasteiger partial charge in [0.2, 0.25) is 5.95 Å². The first-order chi connectivity index (χ1) is 17.7. The molecule has 194 valence electrons. The normalized spacial score (nSPS) is 23.8. The van der Waals surface area contributed by atoms with Crippen molar-refractivity contribution in [3.8, 4) is 0 Å². The van der Waals surface area contributed by atoms with Crippen LogP contribution in [0.25, 0.3) is 0 Å². The van der Waals surface area contributed by atoms with Gasteiger partial charge in [-0.3, -0.25) is 0 Å². The van der Waals surface area contributed by atoms with Crippen LogP contribution in [0.4, 0.5) is 37.9 Å². The van der Waals surface area contributed by atoms with Crippen LogP contribution in [0.2, 0.25) is 0 Å². The molecule has 6 rings (SSSR count). The Balaban J connectivity index is 1.31. The van der Waals surface area contributed by atoms with Gasteiger partial charge in [-0.05, 0) is 43.7 Å². The molecule has 2 bridgehead atoms. The topological polar surface area (TPSA) is 82.1 Å². The number of benzene rings is 1. The minimum atomic E-state index is -0.604. The van der Waals surface area contributed by atoms with Crippen molar-refractivity contribution in [2.45, 2.75) is 45.1 Å². The smallest absolute Gasteiger partial charge is 0.226 e. The number of aryl methyl sites for hydroxylation is 1. The lowest BCUT2D eigenvalue weighted by atomic mass is 9.88. The quantitative estimate of drug-likeness (QED) is 0.518. The van der Waals surface area contributed by atoms with Gasteiger partial charge < -0.3 is 20.4 Å². The fraction of sp³-hybridized carbons (Fsp3) is 0.481. The van der Waals surface area contributed by atoms with Gasteiger partial charge in [-0.15, -0.1) is 0 Å². The summed E-state index contributed by atoms with van der Waals surface area (Å²) in [5.74, 6) is 2.56. The molecule has 3 aliphatic rings. The Morgan fingerprint density at radius 2 is 1.78 bits per heavy atom. The largest absolute Gasteiger partial charge is 0.373 e. The van der Waals surface area contributed by atoms with Crippen LogP contribution in [0.3, 0.4) is 0 Å². The van der Waals surface area contributed by atoms with E-state index in [2.05, 4.69) is 39.3 Å². The van der Waals surface area contributed by atoms with Gasteiger partial charge in [0.15, 0.2) is 0 Å². The van der Waals surface area contributed by atoms with Crippen molar-refractivity contribution in [2.75, 3.05) is 47.1 Å². The van der Waals surface area contributed by atoms with Gasteiger partial charge in [0.25, 0.3) is 0 Å². The first-order valence-corrected chi connectivity index (χ1v) is 12.9. The monoisotopic (exact) mass is 506 g/mol. The average molecular weight is 507 g/mol. The lowest BCUT2D eigenvalue weighted by molar-refractivity contribution is 0.375. The van der Waals surface area contributed by atoms with Crippen molar-refractivity contribution in [1.82, 2.24) is 19.9 Å². The van der Waals surface area contributed by atoms with Gasteiger partial charge in [-0.25, -0.2) is 18.7 Å². The van der Waals surface area contributed by atoms with Crippen LogP contribution >= 0.6 is 0 Å². The molecule has 10 heteroatoms. The minimum Gasteiger partial charge on any atom is -0.373 e. The molecule has 37 heavy (non-hydrogen) atoms. The van der Waals surface area contributed by atoms with E-state index in [4.69, 9.17) is 9.97 Å². The molecule has 8 nitrogen and oxygen atoms in total. The Morgan fingerprint density at radius 3 is 2.46 bits per heavy atom. The zero-order valence-electron chi connectivity index (χ0n) is 21.6. The zero-order valence-corrected chi connectivity index (χ0v) is 21.6. The van der Waals surface area contributed by atoms with Crippen LogP contribution in [0.1, 0.15) is 37.9 Å². The molecule has 1 saturated carbocycles. The number of nitrogens with one attached hydrogen (secondary N) is 2. The molecule has 2 N–H and O–H groups in total. The van der Waals surface area contributed by atoms with Crippen molar-refractivity contribution in [3.63, 3.8) is 0 Å². The van der Waals surface area contributed by atoms with Gasteiger partial charge in [0.05, 0.1) is 5.69 Å². The second-order valence-electron chi connectivity index (χ2n) is 11.1. The molecule has 0 unspecified atom stereocenters. The van der Waals surface area contributed by atoms with Crippen molar-refractivity contribution in [2.24, 2.45) is 11.8 Å². The summed E-state index contributed by atoms with van der Waals surface area (Å²) in [4.78, 5) is 22.7. The Labute approximate surface area is 215 Å². The number of anilines is 5. The molecule has 1 aliphatic carbocycles. The van der Waals surface area contributed by atoms with Crippen LogP contribution in [0.15, 0.2) is 30.6 Å². The maximum Gasteiger partial charge on any atom is 0.226 e. The highest BCUT2D eigenvalue weighted by molar-refractivity contribution is 5.76. The van der Waals surface area contributed by atoms with E-state index in [9.17, 15) is 8.78 Å². The van der Waals surface area contributed by atoms with Gasteiger partial charge in [-0.1, -0.05) is 13.8 Å². The summed E-state index contributed by atoms with van der Waals surface area (Å²) in [6.07, 6.45) is 3.89. The summed E-state index contributed by atoms with van der Waals surface area (Å²) in [7, 11) is 1.84. The number of hydrogen-bond donors (Lipinski definition) is 2. The van der Waals surface area contributed by atoms with Crippen LogP contribution in [-0.4, -0.2) is 52.7 Å². The van der Waals surface area contributed by atoms with Gasteiger partial charge >= 0.3 is 0 Å². The lowest BCUT2D eigenvalue weighted by Gasteiger charge is -2.39. The number of aromatic nitrogens is 4. The molecule has 1 saturated heterocycles. The van der Waals surface area contributed by atoms with E-state index >= 15 is 0 Å². The number of fused-ring (bicyclic) bond motifs is 3. The summed E-state index contributed by atoms with van der Waals surface area (Å²) < 4.78 is 28.5. The van der Waals surface area contributed by atoms with Gasteiger partial charge in [0.1, 0.15) is 35.4 Å². The SMILES string of the molecule is CNc1nc(N[C@@H]2[C@@H]3CC[C@H]2CN(c2cc(C)ncn2)C3)nc2c1C(C)(C)CN2c1ccc(F)cc1F. The van der Waals surface area contributed by atoms with E-state index in [-0.39, 0.29) is 11.5 Å². The molecule has 3 aromatic rings. The number of piperidine rings is 1. The van der Waals surface area contributed by atoms with E-state index < -0.39 is 11.6 Å². The summed E-state index contributed by atoms with van der Waals surface area (Å²) in [5, 5.41) is 6.89. The van der Waals surface area contributed by atoms with Crippen LogP contribution in [0.5, 0.6) is 0 Å². The van der Waals surface area contributed by atoms with Crippen LogP contribution in [-0.2, 0) is 5.41 Å². The van der Waals surface area contributed by atoms with Gasteiger partial charge in [0, 0.05) is 61.5 Å². The molecule has 0 radical (unpaired) electrons.